The molecular weight excluding hydrogens is 182 g/mol. The number of hydrogen-bond acceptors (Lipinski definition) is 3. The van der Waals surface area contributed by atoms with E-state index in [2.05, 4.69) is 11.8 Å². The van der Waals surface area contributed by atoms with E-state index in [1.807, 2.05) is 0 Å². The summed E-state index contributed by atoms with van der Waals surface area (Å²) in [6, 6.07) is 4.72. The highest BCUT2D eigenvalue weighted by Crippen LogP contribution is 2.18. The fourth-order valence-corrected chi connectivity index (χ4v) is 1.03. The van der Waals surface area contributed by atoms with Crippen LogP contribution in [-0.4, -0.2) is 16.6 Å². The van der Waals surface area contributed by atoms with Gasteiger partial charge in [0.25, 0.3) is 5.69 Å². The molecule has 0 bridgehead atoms. The lowest BCUT2D eigenvalue weighted by Crippen LogP contribution is -1.92. The molecule has 0 spiro atoms. The normalized spacial score (nSPS) is 9.00. The van der Waals surface area contributed by atoms with Crippen LogP contribution in [0.4, 0.5) is 5.69 Å². The smallest absolute Gasteiger partial charge is 0.273 e. The molecule has 0 atom stereocenters. The molecule has 1 rings (SSSR count). The number of aliphatic hydroxyl groups is 1. The molecule has 0 aliphatic rings. The van der Waals surface area contributed by atoms with Crippen LogP contribution < -0.4 is 0 Å². The summed E-state index contributed by atoms with van der Waals surface area (Å²) in [4.78, 5) is 10.1. The van der Waals surface area contributed by atoms with Gasteiger partial charge in [-0.1, -0.05) is 17.9 Å². The molecule has 1 aromatic carbocycles. The van der Waals surface area contributed by atoms with E-state index in [1.54, 1.807) is 19.1 Å². The zero-order valence-electron chi connectivity index (χ0n) is 7.65. The minimum Gasteiger partial charge on any atom is -0.384 e. The predicted octanol–water partition coefficient (Wildman–Crippen LogP) is 1.25. The van der Waals surface area contributed by atoms with Crippen molar-refractivity contribution < 1.29 is 10.0 Å². The third-order valence-electron chi connectivity index (χ3n) is 1.72. The molecule has 0 unspecified atom stereocenters. The van der Waals surface area contributed by atoms with Crippen LogP contribution in [0.25, 0.3) is 0 Å². The van der Waals surface area contributed by atoms with Gasteiger partial charge >= 0.3 is 0 Å². The van der Waals surface area contributed by atoms with Gasteiger partial charge in [-0.3, -0.25) is 10.1 Å². The van der Waals surface area contributed by atoms with Crippen LogP contribution in [0.3, 0.4) is 0 Å². The van der Waals surface area contributed by atoms with Gasteiger partial charge in [-0.15, -0.1) is 0 Å². The maximum atomic E-state index is 10.6. The molecule has 1 N–H and O–H groups in total. The van der Waals surface area contributed by atoms with Crippen molar-refractivity contribution in [3.63, 3.8) is 0 Å². The Morgan fingerprint density at radius 3 is 2.86 bits per heavy atom. The van der Waals surface area contributed by atoms with E-state index >= 15 is 0 Å². The van der Waals surface area contributed by atoms with Gasteiger partial charge < -0.3 is 5.11 Å². The van der Waals surface area contributed by atoms with Crippen molar-refractivity contribution in [2.75, 3.05) is 6.61 Å². The number of nitro benzene ring substituents is 1. The number of hydrogen-bond donors (Lipinski definition) is 1. The van der Waals surface area contributed by atoms with Crippen LogP contribution in [0.15, 0.2) is 18.2 Å². The van der Waals surface area contributed by atoms with Crippen molar-refractivity contribution in [3.05, 3.63) is 39.4 Å². The molecular formula is C10H9NO3. The lowest BCUT2D eigenvalue weighted by atomic mass is 10.1. The highest BCUT2D eigenvalue weighted by molar-refractivity contribution is 5.48. The Hall–Kier alpha value is -1.86. The summed E-state index contributed by atoms with van der Waals surface area (Å²) >= 11 is 0. The average molecular weight is 191 g/mol. The topological polar surface area (TPSA) is 63.4 Å². The monoisotopic (exact) mass is 191 g/mol. The van der Waals surface area contributed by atoms with Gasteiger partial charge in [-0.05, 0) is 13.0 Å². The van der Waals surface area contributed by atoms with Crippen LogP contribution in [0.2, 0.25) is 0 Å². The lowest BCUT2D eigenvalue weighted by molar-refractivity contribution is -0.385. The molecule has 1 aromatic rings. The molecule has 0 fully saturated rings. The molecule has 0 saturated carbocycles. The van der Waals surface area contributed by atoms with Crippen molar-refractivity contribution in [2.45, 2.75) is 6.92 Å². The zero-order valence-corrected chi connectivity index (χ0v) is 7.65. The molecule has 4 nitrogen and oxygen atoms in total. The zero-order chi connectivity index (χ0) is 10.6. The minimum absolute atomic E-state index is 0.0507. The highest BCUT2D eigenvalue weighted by Gasteiger charge is 2.09. The van der Waals surface area contributed by atoms with Crippen LogP contribution in [0, 0.1) is 28.9 Å². The SMILES string of the molecule is Cc1ccc(C#CCO)cc1[N+](=O)[O-]. The van der Waals surface area contributed by atoms with Gasteiger partial charge in [0.1, 0.15) is 6.61 Å². The fraction of sp³-hybridized carbons (Fsp3) is 0.200. The first-order valence-corrected chi connectivity index (χ1v) is 4.00. The second-order valence-corrected chi connectivity index (χ2v) is 2.72. The van der Waals surface area contributed by atoms with Gasteiger partial charge in [0.15, 0.2) is 0 Å². The number of nitrogens with zero attached hydrogens (tertiary/aromatic N) is 1. The van der Waals surface area contributed by atoms with E-state index in [0.717, 1.165) is 0 Å². The average Bonchev–Trinajstić information content (AvgIpc) is 2.16. The predicted molar refractivity (Wildman–Crippen MR) is 51.8 cm³/mol. The highest BCUT2D eigenvalue weighted by atomic mass is 16.6. The second kappa shape index (κ2) is 4.40. The van der Waals surface area contributed by atoms with Crippen LogP contribution >= 0.6 is 0 Å². The standard InChI is InChI=1S/C10H9NO3/c1-8-4-5-9(3-2-6-12)7-10(8)11(13)14/h4-5,7,12H,6H2,1H3. The van der Waals surface area contributed by atoms with Gasteiger partial charge in [-0.2, -0.15) is 0 Å². The van der Waals surface area contributed by atoms with E-state index in [4.69, 9.17) is 5.11 Å². The first kappa shape index (κ1) is 10.2. The number of rotatable bonds is 1. The number of aryl methyl sites for hydroxylation is 1. The molecule has 0 amide bonds. The summed E-state index contributed by atoms with van der Waals surface area (Å²) in [7, 11) is 0. The first-order valence-electron chi connectivity index (χ1n) is 4.00. The summed E-state index contributed by atoms with van der Waals surface area (Å²) in [5.74, 6) is 5.05. The fourth-order valence-electron chi connectivity index (χ4n) is 1.03. The molecule has 72 valence electrons. The molecule has 4 heteroatoms. The second-order valence-electron chi connectivity index (χ2n) is 2.72. The molecule has 0 aromatic heterocycles. The Morgan fingerprint density at radius 2 is 2.29 bits per heavy atom. The Balaban J connectivity index is 3.13. The van der Waals surface area contributed by atoms with Crippen molar-refractivity contribution >= 4 is 5.69 Å². The quantitative estimate of drug-likeness (QED) is 0.412. The summed E-state index contributed by atoms with van der Waals surface area (Å²) in [6.07, 6.45) is 0. The van der Waals surface area contributed by atoms with Crippen LogP contribution in [0.5, 0.6) is 0 Å². The summed E-state index contributed by atoms with van der Waals surface area (Å²) < 4.78 is 0. The van der Waals surface area contributed by atoms with Gasteiger partial charge in [0.2, 0.25) is 0 Å². The van der Waals surface area contributed by atoms with E-state index in [-0.39, 0.29) is 12.3 Å². The largest absolute Gasteiger partial charge is 0.384 e. The van der Waals surface area contributed by atoms with E-state index in [0.29, 0.717) is 11.1 Å². The third kappa shape index (κ3) is 2.31. The number of benzene rings is 1. The van der Waals surface area contributed by atoms with Crippen molar-refractivity contribution in [1.82, 2.24) is 0 Å². The number of nitro groups is 1. The Labute approximate surface area is 81.3 Å². The molecule has 0 heterocycles. The molecule has 0 saturated heterocycles. The van der Waals surface area contributed by atoms with Crippen molar-refractivity contribution in [2.24, 2.45) is 0 Å². The maximum Gasteiger partial charge on any atom is 0.273 e. The van der Waals surface area contributed by atoms with E-state index in [9.17, 15) is 10.1 Å². The third-order valence-corrected chi connectivity index (χ3v) is 1.72. The Bertz CT molecular complexity index is 415. The Kier molecular flexibility index (Phi) is 3.21. The summed E-state index contributed by atoms with van der Waals surface area (Å²) in [5, 5.41) is 19.0. The lowest BCUT2D eigenvalue weighted by Gasteiger charge is -1.96. The summed E-state index contributed by atoms with van der Waals surface area (Å²) in [6.45, 7) is 1.42. The van der Waals surface area contributed by atoms with Gasteiger partial charge in [-0.25, -0.2) is 0 Å². The van der Waals surface area contributed by atoms with Crippen LogP contribution in [0.1, 0.15) is 11.1 Å². The molecule has 0 aliphatic heterocycles. The van der Waals surface area contributed by atoms with E-state index < -0.39 is 4.92 Å². The first-order chi connectivity index (χ1) is 6.65. The molecule has 0 aliphatic carbocycles. The summed E-state index contributed by atoms with van der Waals surface area (Å²) in [5.41, 5.74) is 1.19. The minimum atomic E-state index is -0.445. The van der Waals surface area contributed by atoms with Gasteiger partial charge in [0.05, 0.1) is 4.92 Å². The Morgan fingerprint density at radius 1 is 1.57 bits per heavy atom. The van der Waals surface area contributed by atoms with E-state index in [1.165, 1.54) is 6.07 Å². The molecule has 14 heavy (non-hydrogen) atoms. The van der Waals surface area contributed by atoms with Crippen molar-refractivity contribution in [1.29, 1.82) is 0 Å². The number of aliphatic hydroxyl groups excluding tert-OH is 1. The molecule has 0 radical (unpaired) electrons. The van der Waals surface area contributed by atoms with Gasteiger partial charge in [0, 0.05) is 17.2 Å². The maximum absolute atomic E-state index is 10.6. The van der Waals surface area contributed by atoms with Crippen molar-refractivity contribution in [3.8, 4) is 11.8 Å². The van der Waals surface area contributed by atoms with Crippen LogP contribution in [-0.2, 0) is 0 Å².